The van der Waals surface area contributed by atoms with E-state index in [2.05, 4.69) is 5.32 Å². The first-order chi connectivity index (χ1) is 8.83. The van der Waals surface area contributed by atoms with E-state index in [4.69, 9.17) is 21.5 Å². The molecule has 0 spiro atoms. The van der Waals surface area contributed by atoms with E-state index >= 15 is 0 Å². The van der Waals surface area contributed by atoms with E-state index < -0.39 is 10.0 Å². The summed E-state index contributed by atoms with van der Waals surface area (Å²) in [5.41, 5.74) is 0.583. The fourth-order valence-corrected chi connectivity index (χ4v) is 2.32. The van der Waals surface area contributed by atoms with Crippen LogP contribution in [0.3, 0.4) is 0 Å². The molecule has 0 bridgehead atoms. The number of benzene rings is 1. The Morgan fingerprint density at radius 3 is 2.74 bits per heavy atom. The van der Waals surface area contributed by atoms with Crippen LogP contribution >= 0.6 is 11.6 Å². The summed E-state index contributed by atoms with van der Waals surface area (Å²) < 4.78 is 26.4. The van der Waals surface area contributed by atoms with Gasteiger partial charge in [-0.15, -0.1) is 0 Å². The maximum atomic E-state index is 10.7. The summed E-state index contributed by atoms with van der Waals surface area (Å²) >= 11 is 5.89. The van der Waals surface area contributed by atoms with Crippen LogP contribution in [0, 0.1) is 0 Å². The lowest BCUT2D eigenvalue weighted by Crippen LogP contribution is -2.22. The van der Waals surface area contributed by atoms with Gasteiger partial charge in [0.05, 0.1) is 12.9 Å². The van der Waals surface area contributed by atoms with Gasteiger partial charge in [-0.25, -0.2) is 13.6 Å². The third kappa shape index (κ3) is 5.65. The maximum Gasteiger partial charge on any atom is 0.209 e. The fraction of sp³-hybridized carbons (Fsp3) is 0.455. The summed E-state index contributed by atoms with van der Waals surface area (Å²) in [5, 5.41) is 18.2. The molecular weight excluding hydrogens is 292 g/mol. The normalized spacial score (nSPS) is 11.5. The van der Waals surface area contributed by atoms with Crippen molar-refractivity contribution in [3.8, 4) is 11.5 Å². The third-order valence-corrected chi connectivity index (χ3v) is 3.51. The topological polar surface area (TPSA) is 102 Å². The van der Waals surface area contributed by atoms with Crippen molar-refractivity contribution in [3.63, 3.8) is 0 Å². The average Bonchev–Trinajstić information content (AvgIpc) is 2.31. The number of primary sulfonamides is 1. The van der Waals surface area contributed by atoms with Gasteiger partial charge in [-0.2, -0.15) is 0 Å². The van der Waals surface area contributed by atoms with E-state index in [1.54, 1.807) is 6.07 Å². The first kappa shape index (κ1) is 16.0. The van der Waals surface area contributed by atoms with Crippen molar-refractivity contribution in [1.82, 2.24) is 5.32 Å². The van der Waals surface area contributed by atoms with Gasteiger partial charge in [-0.1, -0.05) is 11.6 Å². The Bertz CT molecular complexity index is 534. The first-order valence-electron chi connectivity index (χ1n) is 5.60. The first-order valence-corrected chi connectivity index (χ1v) is 7.69. The lowest BCUT2D eigenvalue weighted by molar-refractivity contribution is 0.369. The minimum absolute atomic E-state index is 0.0193. The zero-order chi connectivity index (χ0) is 14.5. The highest BCUT2D eigenvalue weighted by atomic mass is 35.5. The van der Waals surface area contributed by atoms with Crippen LogP contribution in [-0.2, 0) is 16.6 Å². The third-order valence-electron chi connectivity index (χ3n) is 2.44. The minimum atomic E-state index is -3.43. The van der Waals surface area contributed by atoms with Crippen LogP contribution in [0.25, 0.3) is 0 Å². The minimum Gasteiger partial charge on any atom is -0.504 e. The predicted octanol–water partition coefficient (Wildman–Crippen LogP) is 0.822. The van der Waals surface area contributed by atoms with E-state index in [-0.39, 0.29) is 11.5 Å². The summed E-state index contributed by atoms with van der Waals surface area (Å²) in [6, 6.07) is 3.13. The maximum absolute atomic E-state index is 10.7. The van der Waals surface area contributed by atoms with Gasteiger partial charge in [-0.3, -0.25) is 0 Å². The van der Waals surface area contributed by atoms with Crippen LogP contribution in [0.5, 0.6) is 11.5 Å². The number of nitrogens with one attached hydrogen (secondary N) is 1. The molecule has 0 fully saturated rings. The Labute approximate surface area is 117 Å². The Balaban J connectivity index is 2.52. The molecule has 0 saturated carbocycles. The largest absolute Gasteiger partial charge is 0.504 e. The zero-order valence-corrected chi connectivity index (χ0v) is 12.1. The summed E-state index contributed by atoms with van der Waals surface area (Å²) in [6.45, 7) is 0.818. The number of nitrogens with two attached hydrogens (primary N) is 1. The molecule has 0 amide bonds. The van der Waals surface area contributed by atoms with Gasteiger partial charge in [0.15, 0.2) is 11.5 Å². The van der Waals surface area contributed by atoms with E-state index in [0.717, 1.165) is 0 Å². The monoisotopic (exact) mass is 308 g/mol. The highest BCUT2D eigenvalue weighted by Gasteiger charge is 2.09. The Morgan fingerprint density at radius 1 is 1.47 bits per heavy atom. The number of hydrogen-bond acceptors (Lipinski definition) is 5. The average molecular weight is 309 g/mol. The molecule has 0 aliphatic heterocycles. The number of hydrogen-bond donors (Lipinski definition) is 3. The molecule has 1 aromatic carbocycles. The van der Waals surface area contributed by atoms with Crippen LogP contribution < -0.4 is 15.2 Å². The van der Waals surface area contributed by atoms with Gasteiger partial charge in [0, 0.05) is 23.2 Å². The van der Waals surface area contributed by atoms with Gasteiger partial charge < -0.3 is 15.2 Å². The van der Waals surface area contributed by atoms with Gasteiger partial charge in [0.25, 0.3) is 0 Å². The molecule has 4 N–H and O–H groups in total. The van der Waals surface area contributed by atoms with Crippen molar-refractivity contribution >= 4 is 21.6 Å². The summed E-state index contributed by atoms with van der Waals surface area (Å²) in [7, 11) is -1.99. The van der Waals surface area contributed by atoms with Crippen molar-refractivity contribution in [1.29, 1.82) is 0 Å². The number of aromatic hydroxyl groups is 1. The second-order valence-electron chi connectivity index (χ2n) is 4.01. The molecule has 0 saturated heterocycles. The summed E-state index contributed by atoms with van der Waals surface area (Å²) in [6.07, 6.45) is 0.400. The van der Waals surface area contributed by atoms with Crippen molar-refractivity contribution in [3.05, 3.63) is 22.7 Å². The standard InChI is InChI=1S/C11H17ClN2O4S/c1-18-10-6-9(12)5-8(11(10)15)7-14-3-2-4-19(13,16)17/h5-6,14-15H,2-4,7H2,1H3,(H2,13,16,17). The molecule has 0 aliphatic rings. The van der Waals surface area contributed by atoms with E-state index in [0.29, 0.717) is 35.8 Å². The quantitative estimate of drug-likeness (QED) is 0.647. The number of sulfonamides is 1. The predicted molar refractivity (Wildman–Crippen MR) is 74.0 cm³/mol. The SMILES string of the molecule is COc1cc(Cl)cc(CNCCCS(N)(=O)=O)c1O. The molecule has 0 aliphatic carbocycles. The Morgan fingerprint density at radius 2 is 2.16 bits per heavy atom. The van der Waals surface area contributed by atoms with Crippen LogP contribution in [0.1, 0.15) is 12.0 Å². The number of ether oxygens (including phenoxy) is 1. The highest BCUT2D eigenvalue weighted by Crippen LogP contribution is 2.33. The number of phenols is 1. The highest BCUT2D eigenvalue weighted by molar-refractivity contribution is 7.89. The lowest BCUT2D eigenvalue weighted by Gasteiger charge is -2.10. The molecule has 0 heterocycles. The summed E-state index contributed by atoms with van der Waals surface area (Å²) in [5.74, 6) is 0.241. The zero-order valence-electron chi connectivity index (χ0n) is 10.5. The van der Waals surface area contributed by atoms with Crippen LogP contribution in [0.2, 0.25) is 5.02 Å². The number of methoxy groups -OCH3 is 1. The van der Waals surface area contributed by atoms with E-state index in [1.807, 2.05) is 0 Å². The molecule has 19 heavy (non-hydrogen) atoms. The number of rotatable bonds is 7. The van der Waals surface area contributed by atoms with Gasteiger partial charge >= 0.3 is 0 Å². The second-order valence-corrected chi connectivity index (χ2v) is 6.18. The van der Waals surface area contributed by atoms with Gasteiger partial charge in [0.1, 0.15) is 0 Å². The molecule has 6 nitrogen and oxygen atoms in total. The van der Waals surface area contributed by atoms with Crippen molar-refractivity contribution in [2.75, 3.05) is 19.4 Å². The molecule has 0 aromatic heterocycles. The molecule has 8 heteroatoms. The molecule has 0 radical (unpaired) electrons. The summed E-state index contributed by atoms with van der Waals surface area (Å²) in [4.78, 5) is 0. The molecule has 0 unspecified atom stereocenters. The second kappa shape index (κ2) is 6.95. The number of phenolic OH excluding ortho intramolecular Hbond substituents is 1. The van der Waals surface area contributed by atoms with E-state index in [9.17, 15) is 13.5 Å². The molecule has 0 atom stereocenters. The lowest BCUT2D eigenvalue weighted by atomic mass is 10.2. The molecular formula is C11H17ClN2O4S. The molecule has 108 valence electrons. The van der Waals surface area contributed by atoms with Gasteiger partial charge in [0.2, 0.25) is 10.0 Å². The van der Waals surface area contributed by atoms with Crippen molar-refractivity contribution in [2.45, 2.75) is 13.0 Å². The Kier molecular flexibility index (Phi) is 5.86. The Hall–Kier alpha value is -1.02. The molecule has 1 aromatic rings. The number of halogens is 1. The molecule has 1 rings (SSSR count). The van der Waals surface area contributed by atoms with Crippen LogP contribution in [-0.4, -0.2) is 32.9 Å². The van der Waals surface area contributed by atoms with Crippen LogP contribution in [0.15, 0.2) is 12.1 Å². The fourth-order valence-electron chi connectivity index (χ4n) is 1.54. The van der Waals surface area contributed by atoms with Crippen molar-refractivity contribution < 1.29 is 18.3 Å². The van der Waals surface area contributed by atoms with Gasteiger partial charge in [-0.05, 0) is 19.0 Å². The van der Waals surface area contributed by atoms with Crippen molar-refractivity contribution in [2.24, 2.45) is 5.14 Å². The smallest absolute Gasteiger partial charge is 0.209 e. The van der Waals surface area contributed by atoms with Crippen LogP contribution in [0.4, 0.5) is 0 Å². The van der Waals surface area contributed by atoms with E-state index in [1.165, 1.54) is 13.2 Å².